The largest absolute Gasteiger partial charge is 0.338 e. The van der Waals surface area contributed by atoms with E-state index in [0.29, 0.717) is 11.8 Å². The van der Waals surface area contributed by atoms with Gasteiger partial charge in [0.05, 0.1) is 5.92 Å². The monoisotopic (exact) mass is 391 g/mol. The minimum absolute atomic E-state index is 0.0987. The number of benzene rings is 1. The van der Waals surface area contributed by atoms with E-state index < -0.39 is 0 Å². The molecule has 0 N–H and O–H groups in total. The van der Waals surface area contributed by atoms with E-state index in [1.165, 1.54) is 42.6 Å². The molecule has 1 atom stereocenters. The standard InChI is InChI=1S/C25H33N3O/c1-18(2)15-20-9-11-22(12-10-20)19(3)25-26-24(27-29-25)23-8-6-7-21(16-23)17-28-13-4-5-14-28/h8-12,16,18-19H,4-7,13-15,17H2,1-3H3. The van der Waals surface area contributed by atoms with Crippen molar-refractivity contribution in [2.24, 2.45) is 5.92 Å². The van der Waals surface area contributed by atoms with Gasteiger partial charge in [-0.3, -0.25) is 4.90 Å². The van der Waals surface area contributed by atoms with Crippen molar-refractivity contribution in [1.82, 2.24) is 15.0 Å². The normalized spacial score (nSPS) is 18.8. The molecule has 1 aromatic carbocycles. The third-order valence-corrected chi connectivity index (χ3v) is 6.01. The molecule has 4 rings (SSSR count). The van der Waals surface area contributed by atoms with Gasteiger partial charge in [0.1, 0.15) is 0 Å². The van der Waals surface area contributed by atoms with E-state index in [9.17, 15) is 0 Å². The fourth-order valence-electron chi connectivity index (χ4n) is 4.36. The van der Waals surface area contributed by atoms with E-state index in [4.69, 9.17) is 9.51 Å². The maximum Gasteiger partial charge on any atom is 0.234 e. The van der Waals surface area contributed by atoms with Crippen LogP contribution in [-0.4, -0.2) is 34.7 Å². The van der Waals surface area contributed by atoms with Crippen molar-refractivity contribution < 1.29 is 4.52 Å². The first-order chi connectivity index (χ1) is 14.1. The van der Waals surface area contributed by atoms with Gasteiger partial charge >= 0.3 is 0 Å². The van der Waals surface area contributed by atoms with Crippen LogP contribution in [0.1, 0.15) is 75.2 Å². The first kappa shape index (κ1) is 20.1. The van der Waals surface area contributed by atoms with Crippen LogP contribution in [0.15, 0.2) is 46.5 Å². The zero-order chi connectivity index (χ0) is 20.2. The molecule has 0 bridgehead atoms. The van der Waals surface area contributed by atoms with Crippen LogP contribution in [-0.2, 0) is 6.42 Å². The van der Waals surface area contributed by atoms with Gasteiger partial charge in [-0.1, -0.05) is 61.0 Å². The fourth-order valence-corrected chi connectivity index (χ4v) is 4.36. The average molecular weight is 392 g/mol. The zero-order valence-electron chi connectivity index (χ0n) is 18.0. The molecule has 0 amide bonds. The van der Waals surface area contributed by atoms with E-state index in [-0.39, 0.29) is 5.92 Å². The molecule has 0 spiro atoms. The van der Waals surface area contributed by atoms with Gasteiger partial charge in [-0.2, -0.15) is 4.98 Å². The van der Waals surface area contributed by atoms with Crippen molar-refractivity contribution in [2.45, 2.75) is 58.8 Å². The minimum Gasteiger partial charge on any atom is -0.338 e. The Kier molecular flexibility index (Phi) is 6.29. The van der Waals surface area contributed by atoms with Crippen LogP contribution in [0.4, 0.5) is 0 Å². The van der Waals surface area contributed by atoms with Gasteiger partial charge < -0.3 is 4.52 Å². The molecule has 0 saturated carbocycles. The third-order valence-electron chi connectivity index (χ3n) is 6.01. The molecule has 154 valence electrons. The second-order valence-corrected chi connectivity index (χ2v) is 9.00. The van der Waals surface area contributed by atoms with Crippen molar-refractivity contribution in [3.05, 3.63) is 64.8 Å². The van der Waals surface area contributed by atoms with Crippen molar-refractivity contribution >= 4 is 5.57 Å². The van der Waals surface area contributed by atoms with E-state index in [1.807, 2.05) is 0 Å². The highest BCUT2D eigenvalue weighted by atomic mass is 16.5. The van der Waals surface area contributed by atoms with Gasteiger partial charge in [0, 0.05) is 12.1 Å². The summed E-state index contributed by atoms with van der Waals surface area (Å²) in [5.74, 6) is 2.19. The summed E-state index contributed by atoms with van der Waals surface area (Å²) in [7, 11) is 0. The highest BCUT2D eigenvalue weighted by molar-refractivity contribution is 5.71. The van der Waals surface area contributed by atoms with Crippen molar-refractivity contribution in [2.75, 3.05) is 19.6 Å². The van der Waals surface area contributed by atoms with Crippen LogP contribution >= 0.6 is 0 Å². The summed E-state index contributed by atoms with van der Waals surface area (Å²) in [4.78, 5) is 7.30. The second-order valence-electron chi connectivity index (χ2n) is 9.00. The first-order valence-corrected chi connectivity index (χ1v) is 11.1. The van der Waals surface area contributed by atoms with Gasteiger partial charge in [-0.05, 0) is 69.2 Å². The minimum atomic E-state index is 0.0987. The smallest absolute Gasteiger partial charge is 0.234 e. The first-order valence-electron chi connectivity index (χ1n) is 11.1. The molecule has 4 nitrogen and oxygen atoms in total. The van der Waals surface area contributed by atoms with E-state index in [2.05, 4.69) is 67.2 Å². The maximum absolute atomic E-state index is 5.66. The average Bonchev–Trinajstić information content (AvgIpc) is 3.40. The highest BCUT2D eigenvalue weighted by Crippen LogP contribution is 2.28. The van der Waals surface area contributed by atoms with Crippen molar-refractivity contribution in [1.29, 1.82) is 0 Å². The topological polar surface area (TPSA) is 42.2 Å². The van der Waals surface area contributed by atoms with Crippen molar-refractivity contribution in [3.8, 4) is 0 Å². The molecule has 1 aliphatic carbocycles. The molecule has 2 aliphatic rings. The predicted octanol–water partition coefficient (Wildman–Crippen LogP) is 5.62. The summed E-state index contributed by atoms with van der Waals surface area (Å²) in [5, 5.41) is 4.30. The predicted molar refractivity (Wildman–Crippen MR) is 118 cm³/mol. The lowest BCUT2D eigenvalue weighted by Gasteiger charge is -2.19. The van der Waals surface area contributed by atoms with Crippen LogP contribution in [0, 0.1) is 5.92 Å². The van der Waals surface area contributed by atoms with Crippen molar-refractivity contribution in [3.63, 3.8) is 0 Å². The second kappa shape index (κ2) is 9.08. The van der Waals surface area contributed by atoms with Crippen LogP contribution in [0.25, 0.3) is 5.57 Å². The Bertz CT molecular complexity index is 870. The number of hydrogen-bond acceptors (Lipinski definition) is 4. The molecule has 1 fully saturated rings. The molecular formula is C25H33N3O. The molecule has 29 heavy (non-hydrogen) atoms. The van der Waals surface area contributed by atoms with E-state index in [0.717, 1.165) is 37.2 Å². The third kappa shape index (κ3) is 5.05. The zero-order valence-corrected chi connectivity index (χ0v) is 18.0. The summed E-state index contributed by atoms with van der Waals surface area (Å²) in [6.07, 6.45) is 10.5. The number of allylic oxidation sites excluding steroid dienone is 3. The highest BCUT2D eigenvalue weighted by Gasteiger charge is 2.20. The maximum atomic E-state index is 5.66. The van der Waals surface area contributed by atoms with Gasteiger partial charge in [0.25, 0.3) is 0 Å². The Morgan fingerprint density at radius 3 is 2.55 bits per heavy atom. The van der Waals surface area contributed by atoms with E-state index >= 15 is 0 Å². The molecular weight excluding hydrogens is 358 g/mol. The lowest BCUT2D eigenvalue weighted by Crippen LogP contribution is -2.22. The van der Waals surface area contributed by atoms with Crippen LogP contribution in [0.3, 0.4) is 0 Å². The lowest BCUT2D eigenvalue weighted by atomic mass is 9.96. The molecule has 1 aromatic heterocycles. The Labute approximate surface area is 174 Å². The van der Waals surface area contributed by atoms with Crippen LogP contribution < -0.4 is 0 Å². The summed E-state index contributed by atoms with van der Waals surface area (Å²) < 4.78 is 5.66. The summed E-state index contributed by atoms with van der Waals surface area (Å²) >= 11 is 0. The SMILES string of the molecule is CC(C)Cc1ccc(C(C)c2nc(C3=CCCC(CN4CCCC4)=C3)no2)cc1. The molecule has 2 aromatic rings. The number of hydrogen-bond donors (Lipinski definition) is 0. The lowest BCUT2D eigenvalue weighted by molar-refractivity contribution is 0.364. The Hall–Kier alpha value is -2.20. The molecule has 2 heterocycles. The van der Waals surface area contributed by atoms with E-state index in [1.54, 1.807) is 0 Å². The molecule has 4 heteroatoms. The quantitative estimate of drug-likeness (QED) is 0.614. The number of rotatable bonds is 7. The summed E-state index contributed by atoms with van der Waals surface area (Å²) in [5.41, 5.74) is 5.20. The van der Waals surface area contributed by atoms with Crippen LogP contribution in [0.2, 0.25) is 0 Å². The molecule has 0 radical (unpaired) electrons. The number of likely N-dealkylation sites (tertiary alicyclic amines) is 1. The number of aromatic nitrogens is 2. The van der Waals surface area contributed by atoms with Gasteiger partial charge in [-0.15, -0.1) is 0 Å². The Morgan fingerprint density at radius 2 is 1.83 bits per heavy atom. The number of nitrogens with zero attached hydrogens (tertiary/aromatic N) is 3. The molecule has 1 unspecified atom stereocenters. The Balaban J connectivity index is 1.44. The Morgan fingerprint density at radius 1 is 1.07 bits per heavy atom. The van der Waals surface area contributed by atoms with Gasteiger partial charge in [-0.25, -0.2) is 0 Å². The fraction of sp³-hybridized carbons (Fsp3) is 0.520. The molecule has 1 saturated heterocycles. The van der Waals surface area contributed by atoms with Crippen LogP contribution in [0.5, 0.6) is 0 Å². The molecule has 1 aliphatic heterocycles. The van der Waals surface area contributed by atoms with Gasteiger partial charge in [0.2, 0.25) is 11.7 Å². The summed E-state index contributed by atoms with van der Waals surface area (Å²) in [6.45, 7) is 10.2. The summed E-state index contributed by atoms with van der Waals surface area (Å²) in [6, 6.07) is 8.83. The van der Waals surface area contributed by atoms with Gasteiger partial charge in [0.15, 0.2) is 0 Å².